The summed E-state index contributed by atoms with van der Waals surface area (Å²) in [5, 5.41) is 22.5. The van der Waals surface area contributed by atoms with Crippen LogP contribution in [0.3, 0.4) is 0 Å². The lowest BCUT2D eigenvalue weighted by Crippen LogP contribution is -2.74. The fourth-order valence-electron chi connectivity index (χ4n) is 7.05. The zero-order chi connectivity index (χ0) is 28.4. The fourth-order valence-corrected chi connectivity index (χ4v) is 7.05. The number of aliphatic hydroxyl groups excluding tert-OH is 1. The van der Waals surface area contributed by atoms with Gasteiger partial charge in [-0.2, -0.15) is 0 Å². The maximum atomic E-state index is 13.7. The topological polar surface area (TPSA) is 115 Å². The number of benzene rings is 2. The van der Waals surface area contributed by atoms with Gasteiger partial charge in [0.05, 0.1) is 17.6 Å². The molecule has 212 valence electrons. The van der Waals surface area contributed by atoms with Gasteiger partial charge in [-0.3, -0.25) is 0 Å². The first-order chi connectivity index (χ1) is 19.0. The van der Waals surface area contributed by atoms with Crippen LogP contribution in [0.1, 0.15) is 62.0 Å². The Bertz CT molecular complexity index is 1380. The number of carbonyl (C=O) groups excluding carboxylic acids is 2. The summed E-state index contributed by atoms with van der Waals surface area (Å²) in [7, 11) is 2.02. The molecule has 0 unspecified atom stereocenters. The van der Waals surface area contributed by atoms with Crippen LogP contribution >= 0.6 is 0 Å². The van der Waals surface area contributed by atoms with Crippen LogP contribution in [0.5, 0.6) is 5.75 Å². The lowest BCUT2D eigenvalue weighted by atomic mass is 9.50. The third kappa shape index (κ3) is 3.94. The quantitative estimate of drug-likeness (QED) is 0.539. The highest BCUT2D eigenvalue weighted by molar-refractivity contribution is 5.80. The fraction of sp³-hybridized carbons (Fsp3) is 0.484. The minimum atomic E-state index is -1.38. The average Bonchev–Trinajstić information content (AvgIpc) is 3.26. The molecule has 1 spiro atoms. The highest BCUT2D eigenvalue weighted by atomic mass is 16.7. The van der Waals surface area contributed by atoms with Crippen molar-refractivity contribution < 1.29 is 38.7 Å². The molecule has 0 aromatic heterocycles. The maximum Gasteiger partial charge on any atom is 0.510 e. The van der Waals surface area contributed by atoms with E-state index in [1.54, 1.807) is 57.2 Å². The standard InChI is InChI=1S/C31H35NO8/c1-29(2,3)40-28(35)39-25(18-8-6-5-7-9-18)27(34)37-21-12-13-31(36)22-16-19-10-11-20(17-33)24-23(19)30(31,26(21)38-24)14-15-32(22)4/h5-12,22,25-26,33,36H,13-17H2,1-4H3/t22-,25+,26+,30+,31-/m1/s1. The van der Waals surface area contributed by atoms with Crippen LogP contribution in [0.15, 0.2) is 54.3 Å². The molecular formula is C31H35NO8. The van der Waals surface area contributed by atoms with Crippen molar-refractivity contribution in [3.05, 3.63) is 76.6 Å². The molecule has 0 radical (unpaired) electrons. The van der Waals surface area contributed by atoms with Gasteiger partial charge in [-0.1, -0.05) is 42.5 Å². The lowest BCUT2D eigenvalue weighted by molar-refractivity contribution is -0.173. The largest absolute Gasteiger partial charge is 0.510 e. The summed E-state index contributed by atoms with van der Waals surface area (Å²) in [5.41, 5.74) is 0.219. The highest BCUT2D eigenvalue weighted by Crippen LogP contribution is 2.64. The molecule has 2 N–H and O–H groups in total. The molecule has 5 atom stereocenters. The van der Waals surface area contributed by atoms with Crippen LogP contribution in [0.2, 0.25) is 0 Å². The molecule has 40 heavy (non-hydrogen) atoms. The lowest BCUT2D eigenvalue weighted by Gasteiger charge is -2.61. The molecule has 2 aliphatic carbocycles. The predicted octanol–water partition coefficient (Wildman–Crippen LogP) is 3.69. The molecule has 2 aromatic rings. The van der Waals surface area contributed by atoms with E-state index in [9.17, 15) is 19.8 Å². The number of carbonyl (C=O) groups is 2. The second kappa shape index (κ2) is 9.33. The normalized spacial score (nSPS) is 29.0. The first kappa shape index (κ1) is 26.8. The number of aliphatic hydroxyl groups is 2. The van der Waals surface area contributed by atoms with Crippen LogP contribution in [0, 0.1) is 0 Å². The van der Waals surface area contributed by atoms with E-state index < -0.39 is 40.9 Å². The Morgan fingerprint density at radius 2 is 1.93 bits per heavy atom. The van der Waals surface area contributed by atoms with E-state index in [1.165, 1.54) is 0 Å². The van der Waals surface area contributed by atoms with Gasteiger partial charge in [0.15, 0.2) is 6.10 Å². The number of rotatable bonds is 5. The average molecular weight is 550 g/mol. The zero-order valence-corrected chi connectivity index (χ0v) is 23.2. The monoisotopic (exact) mass is 549 g/mol. The molecule has 2 heterocycles. The molecular weight excluding hydrogens is 514 g/mol. The predicted molar refractivity (Wildman–Crippen MR) is 143 cm³/mol. The van der Waals surface area contributed by atoms with E-state index in [4.69, 9.17) is 18.9 Å². The second-order valence-electron chi connectivity index (χ2n) is 12.2. The minimum absolute atomic E-state index is 0.146. The molecule has 4 aliphatic rings. The van der Waals surface area contributed by atoms with Crippen molar-refractivity contribution >= 4 is 12.1 Å². The first-order valence-electron chi connectivity index (χ1n) is 13.7. The van der Waals surface area contributed by atoms with Gasteiger partial charge in [0.25, 0.3) is 0 Å². The number of likely N-dealkylation sites (tertiary alicyclic amines) is 1. The van der Waals surface area contributed by atoms with E-state index in [-0.39, 0.29) is 24.8 Å². The van der Waals surface area contributed by atoms with Crippen molar-refractivity contribution in [2.75, 3.05) is 13.6 Å². The third-order valence-electron chi connectivity index (χ3n) is 8.76. The summed E-state index contributed by atoms with van der Waals surface area (Å²) < 4.78 is 23.3. The van der Waals surface area contributed by atoms with Gasteiger partial charge in [0, 0.05) is 29.2 Å². The van der Waals surface area contributed by atoms with Gasteiger partial charge in [-0.25, -0.2) is 9.59 Å². The number of ether oxygens (including phenoxy) is 4. The van der Waals surface area contributed by atoms with Crippen LogP contribution in [0.4, 0.5) is 4.79 Å². The second-order valence-corrected chi connectivity index (χ2v) is 12.2. The number of esters is 1. The van der Waals surface area contributed by atoms with Gasteiger partial charge in [0.2, 0.25) is 6.10 Å². The Morgan fingerprint density at radius 1 is 1.18 bits per heavy atom. The number of likely N-dealkylation sites (N-methyl/N-ethyl adjacent to an activating group) is 1. The highest BCUT2D eigenvalue weighted by Gasteiger charge is 2.72. The Morgan fingerprint density at radius 3 is 2.62 bits per heavy atom. The maximum absolute atomic E-state index is 13.7. The minimum Gasteiger partial charge on any atom is -0.481 e. The van der Waals surface area contributed by atoms with Gasteiger partial charge < -0.3 is 34.1 Å². The molecule has 9 heteroatoms. The van der Waals surface area contributed by atoms with E-state index in [0.717, 1.165) is 17.7 Å². The van der Waals surface area contributed by atoms with Gasteiger partial charge >= 0.3 is 12.1 Å². The van der Waals surface area contributed by atoms with Gasteiger partial charge in [-0.05, 0) is 58.8 Å². The molecule has 0 saturated carbocycles. The van der Waals surface area contributed by atoms with Gasteiger partial charge in [0.1, 0.15) is 17.1 Å². The molecule has 9 nitrogen and oxygen atoms in total. The van der Waals surface area contributed by atoms with Crippen LogP contribution in [-0.2, 0) is 37.4 Å². The van der Waals surface area contributed by atoms with Crippen molar-refractivity contribution in [1.29, 1.82) is 0 Å². The third-order valence-corrected chi connectivity index (χ3v) is 8.76. The molecule has 2 bridgehead atoms. The van der Waals surface area contributed by atoms with E-state index >= 15 is 0 Å². The molecule has 1 saturated heterocycles. The summed E-state index contributed by atoms with van der Waals surface area (Å²) in [4.78, 5) is 28.5. The number of nitrogens with zero attached hydrogens (tertiary/aromatic N) is 1. The summed E-state index contributed by atoms with van der Waals surface area (Å²) in [6.07, 6.45) is 0.0675. The summed E-state index contributed by atoms with van der Waals surface area (Å²) in [5.74, 6) is 0.0205. The Hall–Kier alpha value is -3.40. The number of hydrogen-bond acceptors (Lipinski definition) is 9. The van der Waals surface area contributed by atoms with Crippen molar-refractivity contribution in [3.63, 3.8) is 0 Å². The number of hydrogen-bond donors (Lipinski definition) is 2. The van der Waals surface area contributed by atoms with E-state index in [0.29, 0.717) is 29.7 Å². The van der Waals surface area contributed by atoms with Crippen LogP contribution < -0.4 is 4.74 Å². The molecule has 6 rings (SSSR count). The van der Waals surface area contributed by atoms with Crippen LogP contribution in [0.25, 0.3) is 0 Å². The van der Waals surface area contributed by atoms with Crippen molar-refractivity contribution in [1.82, 2.24) is 4.90 Å². The van der Waals surface area contributed by atoms with E-state index in [1.807, 2.05) is 19.2 Å². The van der Waals surface area contributed by atoms with Crippen LogP contribution in [-0.4, -0.2) is 64.2 Å². The molecule has 2 aromatic carbocycles. The molecule has 0 amide bonds. The van der Waals surface area contributed by atoms with Crippen molar-refractivity contribution in [3.8, 4) is 5.75 Å². The van der Waals surface area contributed by atoms with Crippen molar-refractivity contribution in [2.24, 2.45) is 0 Å². The molecule has 1 fully saturated rings. The first-order valence-corrected chi connectivity index (χ1v) is 13.7. The smallest absolute Gasteiger partial charge is 0.481 e. The Labute approximate surface area is 233 Å². The summed E-state index contributed by atoms with van der Waals surface area (Å²) in [6.45, 7) is 5.64. The zero-order valence-electron chi connectivity index (χ0n) is 23.2. The number of piperidine rings is 1. The van der Waals surface area contributed by atoms with Gasteiger partial charge in [-0.15, -0.1) is 0 Å². The SMILES string of the molecule is CN1CC[C@]23c4c5ccc(CO)c4O[C@H]2C(OC(=O)[C@@H](OC(=O)OC(C)(C)C)c2ccccc2)=CC[C@@]3(O)[C@H]1C5. The molecule has 2 aliphatic heterocycles. The summed E-state index contributed by atoms with van der Waals surface area (Å²) in [6, 6.07) is 12.3. The summed E-state index contributed by atoms with van der Waals surface area (Å²) >= 11 is 0. The van der Waals surface area contributed by atoms with E-state index in [2.05, 4.69) is 4.90 Å². The Balaban J connectivity index is 1.37. The van der Waals surface area contributed by atoms with Crippen molar-refractivity contribution in [2.45, 2.75) is 81.5 Å². The Kier molecular flexibility index (Phi) is 6.25.